The number of hydrogen-bond donors (Lipinski definition) is 3. The zero-order chi connectivity index (χ0) is 18.7. The molecule has 1 aliphatic rings. The molecule has 2 aromatic rings. The van der Waals surface area contributed by atoms with E-state index in [1.165, 1.54) is 11.0 Å². The summed E-state index contributed by atoms with van der Waals surface area (Å²) in [5.74, 6) is -0.541. The standard InChI is InChI=1S/C17H21FN4O3S/c1-26-6-5-11(9-23)19-17(25)10-7-14(24)22(8-10)16-15-12(18)3-2-4-13(15)20-21-16/h2-4,10-11,23H,5-9H2,1H3,(H,19,25)(H,20,21)/t10-,11-/m1/s1. The number of aliphatic hydroxyl groups excluding tert-OH is 1. The number of H-pyrrole nitrogens is 1. The first-order chi connectivity index (χ1) is 12.5. The van der Waals surface area contributed by atoms with Crippen LogP contribution in [0.15, 0.2) is 18.2 Å². The molecule has 7 nitrogen and oxygen atoms in total. The first-order valence-electron chi connectivity index (χ1n) is 8.38. The summed E-state index contributed by atoms with van der Waals surface area (Å²) in [6.07, 6.45) is 2.65. The molecule has 1 aromatic carbocycles. The number of anilines is 1. The van der Waals surface area contributed by atoms with Crippen molar-refractivity contribution in [2.45, 2.75) is 18.9 Å². The highest BCUT2D eigenvalue weighted by molar-refractivity contribution is 7.98. The van der Waals surface area contributed by atoms with Crippen LogP contribution in [-0.4, -0.2) is 58.3 Å². The summed E-state index contributed by atoms with van der Waals surface area (Å²) in [7, 11) is 0. The number of amides is 2. The van der Waals surface area contributed by atoms with Crippen molar-refractivity contribution < 1.29 is 19.1 Å². The van der Waals surface area contributed by atoms with Gasteiger partial charge in [-0.3, -0.25) is 19.6 Å². The van der Waals surface area contributed by atoms with Crippen molar-refractivity contribution in [2.24, 2.45) is 5.92 Å². The second kappa shape index (κ2) is 8.05. The average molecular weight is 380 g/mol. The van der Waals surface area contributed by atoms with Crippen LogP contribution in [0.5, 0.6) is 0 Å². The molecular weight excluding hydrogens is 359 g/mol. The molecule has 0 spiro atoms. The quantitative estimate of drug-likeness (QED) is 0.672. The first-order valence-corrected chi connectivity index (χ1v) is 9.77. The lowest BCUT2D eigenvalue weighted by Gasteiger charge is -2.19. The van der Waals surface area contributed by atoms with Gasteiger partial charge in [0.1, 0.15) is 5.82 Å². The van der Waals surface area contributed by atoms with E-state index in [9.17, 15) is 19.1 Å². The third kappa shape index (κ3) is 3.68. The minimum atomic E-state index is -0.552. The monoisotopic (exact) mass is 380 g/mol. The number of aromatic nitrogens is 2. The van der Waals surface area contributed by atoms with Crippen molar-refractivity contribution in [1.82, 2.24) is 15.5 Å². The molecule has 0 unspecified atom stereocenters. The molecule has 1 aromatic heterocycles. The highest BCUT2D eigenvalue weighted by atomic mass is 32.2. The zero-order valence-electron chi connectivity index (χ0n) is 14.4. The second-order valence-electron chi connectivity index (χ2n) is 6.28. The molecule has 0 saturated carbocycles. The summed E-state index contributed by atoms with van der Waals surface area (Å²) < 4.78 is 14.1. The Morgan fingerprint density at radius 2 is 2.38 bits per heavy atom. The lowest BCUT2D eigenvalue weighted by Crippen LogP contribution is -2.42. The van der Waals surface area contributed by atoms with Crippen molar-refractivity contribution >= 4 is 40.3 Å². The number of benzene rings is 1. The van der Waals surface area contributed by atoms with Gasteiger partial charge in [0.15, 0.2) is 5.82 Å². The molecule has 2 atom stereocenters. The van der Waals surface area contributed by atoms with Crippen LogP contribution in [0.1, 0.15) is 12.8 Å². The van der Waals surface area contributed by atoms with E-state index >= 15 is 0 Å². The summed E-state index contributed by atoms with van der Waals surface area (Å²) in [4.78, 5) is 26.2. The molecule has 0 radical (unpaired) electrons. The van der Waals surface area contributed by atoms with Gasteiger partial charge in [-0.15, -0.1) is 0 Å². The van der Waals surface area contributed by atoms with Gasteiger partial charge in [-0.05, 0) is 30.6 Å². The molecule has 0 aliphatic carbocycles. The number of thioether (sulfide) groups is 1. The van der Waals surface area contributed by atoms with Gasteiger partial charge in [-0.2, -0.15) is 16.9 Å². The number of aliphatic hydroxyl groups is 1. The molecule has 3 rings (SSSR count). The fourth-order valence-electron chi connectivity index (χ4n) is 3.09. The molecule has 9 heteroatoms. The highest BCUT2D eigenvalue weighted by Gasteiger charge is 2.37. The third-order valence-corrected chi connectivity index (χ3v) is 5.15. The van der Waals surface area contributed by atoms with Crippen LogP contribution in [0.3, 0.4) is 0 Å². The predicted octanol–water partition coefficient (Wildman–Crippen LogP) is 1.29. The van der Waals surface area contributed by atoms with E-state index < -0.39 is 11.7 Å². The van der Waals surface area contributed by atoms with Crippen LogP contribution in [0, 0.1) is 11.7 Å². The van der Waals surface area contributed by atoms with Gasteiger partial charge in [-0.1, -0.05) is 6.07 Å². The van der Waals surface area contributed by atoms with Crippen molar-refractivity contribution in [1.29, 1.82) is 0 Å². The number of nitrogens with one attached hydrogen (secondary N) is 2. The fourth-order valence-corrected chi connectivity index (χ4v) is 3.61. The average Bonchev–Trinajstić information content (AvgIpc) is 3.22. The number of halogens is 1. The van der Waals surface area contributed by atoms with E-state index in [0.717, 1.165) is 5.75 Å². The van der Waals surface area contributed by atoms with Crippen LogP contribution < -0.4 is 10.2 Å². The van der Waals surface area contributed by atoms with E-state index in [2.05, 4.69) is 15.5 Å². The summed E-state index contributed by atoms with van der Waals surface area (Å²) >= 11 is 1.63. The van der Waals surface area contributed by atoms with Crippen molar-refractivity contribution in [2.75, 3.05) is 30.1 Å². The molecule has 2 heterocycles. The van der Waals surface area contributed by atoms with Crippen LogP contribution in [0.2, 0.25) is 0 Å². The zero-order valence-corrected chi connectivity index (χ0v) is 15.2. The first kappa shape index (κ1) is 18.7. The van der Waals surface area contributed by atoms with Crippen molar-refractivity contribution in [3.8, 4) is 0 Å². The Labute approximate surface area is 154 Å². The number of aromatic amines is 1. The highest BCUT2D eigenvalue weighted by Crippen LogP contribution is 2.31. The molecule has 3 N–H and O–H groups in total. The maximum absolute atomic E-state index is 14.1. The van der Waals surface area contributed by atoms with Gasteiger partial charge in [0.05, 0.1) is 29.5 Å². The number of carbonyl (C=O) groups is 2. The third-order valence-electron chi connectivity index (χ3n) is 4.51. The maximum atomic E-state index is 14.1. The smallest absolute Gasteiger partial charge is 0.229 e. The van der Waals surface area contributed by atoms with E-state index in [1.54, 1.807) is 23.9 Å². The van der Waals surface area contributed by atoms with Gasteiger partial charge in [-0.25, -0.2) is 4.39 Å². The Morgan fingerprint density at radius 1 is 1.58 bits per heavy atom. The van der Waals surface area contributed by atoms with Gasteiger partial charge < -0.3 is 10.4 Å². The summed E-state index contributed by atoms with van der Waals surface area (Å²) in [6, 6.07) is 4.22. The Bertz CT molecular complexity index is 812. The normalized spacial score (nSPS) is 18.5. The molecule has 26 heavy (non-hydrogen) atoms. The van der Waals surface area contributed by atoms with Crippen molar-refractivity contribution in [3.63, 3.8) is 0 Å². The minimum absolute atomic E-state index is 0.0370. The largest absolute Gasteiger partial charge is 0.394 e. The number of fused-ring (bicyclic) bond motifs is 1. The van der Waals surface area contributed by atoms with E-state index in [0.29, 0.717) is 11.9 Å². The van der Waals surface area contributed by atoms with Gasteiger partial charge in [0.2, 0.25) is 11.8 Å². The summed E-state index contributed by atoms with van der Waals surface area (Å²) in [5, 5.41) is 19.2. The maximum Gasteiger partial charge on any atom is 0.229 e. The lowest BCUT2D eigenvalue weighted by molar-refractivity contribution is -0.127. The summed E-state index contributed by atoms with van der Waals surface area (Å²) in [5.41, 5.74) is 0.498. The SMILES string of the molecule is CSCC[C@H](CO)NC(=O)[C@@H]1CC(=O)N(c2n[nH]c3cccc(F)c23)C1. The molecule has 1 fully saturated rings. The Balaban J connectivity index is 1.73. The predicted molar refractivity (Wildman–Crippen MR) is 98.5 cm³/mol. The number of hydrogen-bond acceptors (Lipinski definition) is 5. The second-order valence-corrected chi connectivity index (χ2v) is 7.27. The number of rotatable bonds is 7. The van der Waals surface area contributed by atoms with Gasteiger partial charge in [0, 0.05) is 13.0 Å². The molecule has 0 bridgehead atoms. The Kier molecular flexibility index (Phi) is 5.77. The molecular formula is C17H21FN4O3S. The Morgan fingerprint density at radius 3 is 3.12 bits per heavy atom. The van der Waals surface area contributed by atoms with Crippen molar-refractivity contribution in [3.05, 3.63) is 24.0 Å². The number of nitrogens with zero attached hydrogens (tertiary/aromatic N) is 2. The molecule has 2 amide bonds. The van der Waals surface area contributed by atoms with Crippen LogP contribution in [0.25, 0.3) is 10.9 Å². The molecule has 1 saturated heterocycles. The topological polar surface area (TPSA) is 98.3 Å². The minimum Gasteiger partial charge on any atom is -0.394 e. The number of carbonyl (C=O) groups excluding carboxylic acids is 2. The summed E-state index contributed by atoms with van der Waals surface area (Å²) in [6.45, 7) is -0.00841. The van der Waals surface area contributed by atoms with Crippen LogP contribution in [-0.2, 0) is 9.59 Å². The van der Waals surface area contributed by atoms with Gasteiger partial charge >= 0.3 is 0 Å². The van der Waals surface area contributed by atoms with Gasteiger partial charge in [0.25, 0.3) is 0 Å². The van der Waals surface area contributed by atoms with E-state index in [1.807, 2.05) is 6.26 Å². The Hall–Kier alpha value is -2.13. The van der Waals surface area contributed by atoms with E-state index in [-0.39, 0.29) is 48.6 Å². The lowest BCUT2D eigenvalue weighted by atomic mass is 10.1. The van der Waals surface area contributed by atoms with E-state index in [4.69, 9.17) is 0 Å². The molecule has 140 valence electrons. The fraction of sp³-hybridized carbons (Fsp3) is 0.471. The van der Waals surface area contributed by atoms with Crippen LogP contribution in [0.4, 0.5) is 10.2 Å². The van der Waals surface area contributed by atoms with Crippen LogP contribution >= 0.6 is 11.8 Å². The molecule has 1 aliphatic heterocycles.